The third-order valence-corrected chi connectivity index (χ3v) is 2.92. The van der Waals surface area contributed by atoms with E-state index in [1.54, 1.807) is 0 Å². The van der Waals surface area contributed by atoms with Crippen molar-refractivity contribution in [3.63, 3.8) is 0 Å². The standard InChI is InChI=1S/C9H16N6O4/c1-4(16)7(17)8-6(13-15-11)5(12-14-10)3-9(2,18)19-8/h4-8,16-18H,3H2,1-2H3/t4?,5-,6-,7?,8?,9-/m1/s1. The van der Waals surface area contributed by atoms with E-state index in [1.165, 1.54) is 13.8 Å². The van der Waals surface area contributed by atoms with E-state index in [2.05, 4.69) is 20.1 Å². The molecule has 1 rings (SSSR count). The Morgan fingerprint density at radius 1 is 1.32 bits per heavy atom. The van der Waals surface area contributed by atoms with Gasteiger partial charge in [0, 0.05) is 16.2 Å². The molecule has 10 heteroatoms. The van der Waals surface area contributed by atoms with Crippen LogP contribution in [0, 0.1) is 0 Å². The van der Waals surface area contributed by atoms with Crippen molar-refractivity contribution in [2.24, 2.45) is 10.2 Å². The summed E-state index contributed by atoms with van der Waals surface area (Å²) in [5.74, 6) is -1.65. The van der Waals surface area contributed by atoms with E-state index in [1.807, 2.05) is 0 Å². The van der Waals surface area contributed by atoms with Gasteiger partial charge >= 0.3 is 0 Å². The largest absolute Gasteiger partial charge is 0.391 e. The zero-order valence-electron chi connectivity index (χ0n) is 10.5. The number of nitrogens with zero attached hydrogens (tertiary/aromatic N) is 6. The zero-order chi connectivity index (χ0) is 14.6. The van der Waals surface area contributed by atoms with Crippen molar-refractivity contribution >= 4 is 0 Å². The van der Waals surface area contributed by atoms with Crippen LogP contribution in [0.1, 0.15) is 20.3 Å². The summed E-state index contributed by atoms with van der Waals surface area (Å²) in [6, 6.07) is -1.88. The fourth-order valence-corrected chi connectivity index (χ4v) is 2.06. The summed E-state index contributed by atoms with van der Waals surface area (Å²) in [5.41, 5.74) is 17.0. The van der Waals surface area contributed by atoms with Gasteiger partial charge in [0.1, 0.15) is 6.10 Å². The number of aliphatic hydroxyl groups excluding tert-OH is 2. The Kier molecular flexibility index (Phi) is 4.96. The summed E-state index contributed by atoms with van der Waals surface area (Å²) in [5, 5.41) is 36.1. The third kappa shape index (κ3) is 3.71. The van der Waals surface area contributed by atoms with Crippen LogP contribution in [0.2, 0.25) is 0 Å². The van der Waals surface area contributed by atoms with Gasteiger partial charge in [-0.2, -0.15) is 0 Å². The highest BCUT2D eigenvalue weighted by atomic mass is 16.6. The van der Waals surface area contributed by atoms with Gasteiger partial charge in [0.25, 0.3) is 0 Å². The fraction of sp³-hybridized carbons (Fsp3) is 1.00. The number of hydrogen-bond donors (Lipinski definition) is 3. The Bertz CT molecular complexity index is 415. The SMILES string of the molecule is CC(O)C(O)C1O[C@@](C)(O)C[C@@H](N=[N+]=[N-])[C@H]1N=[N+]=[N-]. The number of hydrogen-bond acceptors (Lipinski definition) is 6. The van der Waals surface area contributed by atoms with Crippen molar-refractivity contribution in [2.45, 2.75) is 56.5 Å². The topological polar surface area (TPSA) is 167 Å². The van der Waals surface area contributed by atoms with E-state index in [0.29, 0.717) is 0 Å². The van der Waals surface area contributed by atoms with Crippen molar-refractivity contribution in [2.75, 3.05) is 0 Å². The fourth-order valence-electron chi connectivity index (χ4n) is 2.06. The molecule has 0 amide bonds. The molecule has 6 atom stereocenters. The smallest absolute Gasteiger partial charge is 0.163 e. The molecule has 0 aromatic heterocycles. The Morgan fingerprint density at radius 3 is 2.37 bits per heavy atom. The van der Waals surface area contributed by atoms with Crippen molar-refractivity contribution in [3.8, 4) is 0 Å². The molecule has 1 saturated heterocycles. The van der Waals surface area contributed by atoms with Gasteiger partial charge in [-0.15, -0.1) is 0 Å². The van der Waals surface area contributed by atoms with Gasteiger partial charge in [-0.05, 0) is 24.9 Å². The lowest BCUT2D eigenvalue weighted by Gasteiger charge is -2.43. The second-order valence-electron chi connectivity index (χ2n) is 4.66. The van der Waals surface area contributed by atoms with Crippen LogP contribution < -0.4 is 0 Å². The molecule has 0 bridgehead atoms. The number of ether oxygens (including phenoxy) is 1. The first kappa shape index (κ1) is 15.5. The van der Waals surface area contributed by atoms with E-state index in [-0.39, 0.29) is 6.42 Å². The zero-order valence-corrected chi connectivity index (χ0v) is 10.5. The van der Waals surface area contributed by atoms with Crippen LogP contribution in [-0.2, 0) is 4.74 Å². The third-order valence-electron chi connectivity index (χ3n) is 2.92. The highest BCUT2D eigenvalue weighted by Crippen LogP contribution is 2.33. The summed E-state index contributed by atoms with van der Waals surface area (Å²) in [6.07, 6.45) is -3.81. The average Bonchev–Trinajstić information content (AvgIpc) is 2.31. The molecule has 106 valence electrons. The molecule has 1 aliphatic heterocycles. The average molecular weight is 272 g/mol. The first-order chi connectivity index (χ1) is 8.82. The highest BCUT2D eigenvalue weighted by Gasteiger charge is 2.46. The molecule has 10 nitrogen and oxygen atoms in total. The maximum absolute atomic E-state index is 9.93. The molecule has 0 saturated carbocycles. The summed E-state index contributed by atoms with van der Waals surface area (Å²) >= 11 is 0. The van der Waals surface area contributed by atoms with Gasteiger partial charge in [0.15, 0.2) is 5.79 Å². The highest BCUT2D eigenvalue weighted by molar-refractivity contribution is 5.00. The molecule has 0 spiro atoms. The Balaban J connectivity index is 3.14. The molecule has 3 unspecified atom stereocenters. The molecular weight excluding hydrogens is 256 g/mol. The molecular formula is C9H16N6O4. The van der Waals surface area contributed by atoms with Crippen LogP contribution in [0.5, 0.6) is 0 Å². The molecule has 1 aliphatic rings. The van der Waals surface area contributed by atoms with Crippen LogP contribution in [0.25, 0.3) is 20.9 Å². The summed E-state index contributed by atoms with van der Waals surface area (Å²) in [7, 11) is 0. The van der Waals surface area contributed by atoms with Gasteiger partial charge in [0.2, 0.25) is 0 Å². The van der Waals surface area contributed by atoms with Crippen molar-refractivity contribution < 1.29 is 20.1 Å². The second kappa shape index (κ2) is 6.07. The first-order valence-corrected chi connectivity index (χ1v) is 5.67. The molecule has 1 fully saturated rings. The van der Waals surface area contributed by atoms with E-state index < -0.39 is 36.2 Å². The van der Waals surface area contributed by atoms with Crippen LogP contribution in [-0.4, -0.2) is 51.5 Å². The van der Waals surface area contributed by atoms with Gasteiger partial charge in [0.05, 0.1) is 24.3 Å². The van der Waals surface area contributed by atoms with Crippen LogP contribution in [0.15, 0.2) is 10.2 Å². The number of azide groups is 2. The molecule has 0 aromatic rings. The van der Waals surface area contributed by atoms with Gasteiger partial charge in [-0.3, -0.25) is 0 Å². The summed E-state index contributed by atoms with van der Waals surface area (Å²) < 4.78 is 5.24. The van der Waals surface area contributed by atoms with Crippen LogP contribution >= 0.6 is 0 Å². The van der Waals surface area contributed by atoms with Gasteiger partial charge in [-0.25, -0.2) is 0 Å². The lowest BCUT2D eigenvalue weighted by Crippen LogP contribution is -2.58. The monoisotopic (exact) mass is 272 g/mol. The van der Waals surface area contributed by atoms with Gasteiger partial charge < -0.3 is 20.1 Å². The van der Waals surface area contributed by atoms with Crippen LogP contribution in [0.4, 0.5) is 0 Å². The maximum atomic E-state index is 9.93. The first-order valence-electron chi connectivity index (χ1n) is 5.67. The summed E-state index contributed by atoms with van der Waals surface area (Å²) in [4.78, 5) is 5.25. The molecule has 0 aromatic carbocycles. The minimum Gasteiger partial charge on any atom is -0.391 e. The molecule has 19 heavy (non-hydrogen) atoms. The Labute approximate surface area is 108 Å². The van der Waals surface area contributed by atoms with Crippen LogP contribution in [0.3, 0.4) is 0 Å². The molecule has 1 heterocycles. The quantitative estimate of drug-likeness (QED) is 0.386. The Morgan fingerprint density at radius 2 is 1.89 bits per heavy atom. The Hall–Kier alpha value is -1.54. The molecule has 0 aliphatic carbocycles. The van der Waals surface area contributed by atoms with Crippen molar-refractivity contribution in [1.82, 2.24) is 0 Å². The van der Waals surface area contributed by atoms with Gasteiger partial charge in [-0.1, -0.05) is 10.2 Å². The number of aliphatic hydroxyl groups is 3. The van der Waals surface area contributed by atoms with E-state index in [0.717, 1.165) is 0 Å². The minimum absolute atomic E-state index is 0.0796. The predicted octanol–water partition coefficient (Wildman–Crippen LogP) is 0.583. The molecule has 0 radical (unpaired) electrons. The summed E-state index contributed by atoms with van der Waals surface area (Å²) in [6.45, 7) is 2.66. The minimum atomic E-state index is -1.65. The number of rotatable bonds is 4. The maximum Gasteiger partial charge on any atom is 0.163 e. The lowest BCUT2D eigenvalue weighted by atomic mass is 9.89. The molecule has 3 N–H and O–H groups in total. The van der Waals surface area contributed by atoms with E-state index >= 15 is 0 Å². The van der Waals surface area contributed by atoms with E-state index in [4.69, 9.17) is 15.8 Å². The van der Waals surface area contributed by atoms with E-state index in [9.17, 15) is 15.3 Å². The predicted molar refractivity (Wildman–Crippen MR) is 63.7 cm³/mol. The lowest BCUT2D eigenvalue weighted by molar-refractivity contribution is -0.273. The normalized spacial score (nSPS) is 37.6. The second-order valence-corrected chi connectivity index (χ2v) is 4.66. The van der Waals surface area contributed by atoms with Crippen molar-refractivity contribution in [1.29, 1.82) is 0 Å². The van der Waals surface area contributed by atoms with Crippen molar-refractivity contribution in [3.05, 3.63) is 20.9 Å².